The Balaban J connectivity index is 2.86. The summed E-state index contributed by atoms with van der Waals surface area (Å²) in [5.41, 5.74) is 2.29. The molecule has 0 spiro atoms. The van der Waals surface area contributed by atoms with Gasteiger partial charge in [0.15, 0.2) is 0 Å². The fourth-order valence-corrected chi connectivity index (χ4v) is 2.19. The molecule has 6 nitrogen and oxygen atoms in total. The molecular weight excluding hydrogens is 268 g/mol. The number of aromatic nitrogens is 1. The molecule has 2 rings (SSSR count). The molecule has 0 saturated carbocycles. The second-order valence-corrected chi connectivity index (χ2v) is 4.44. The third-order valence-corrected chi connectivity index (χ3v) is 3.13. The van der Waals surface area contributed by atoms with Gasteiger partial charge in [0.1, 0.15) is 12.1 Å². The summed E-state index contributed by atoms with van der Waals surface area (Å²) in [4.78, 5) is 14.6. The largest absolute Gasteiger partial charge is 0.270 e. The van der Waals surface area contributed by atoms with Gasteiger partial charge in [0.2, 0.25) is 0 Å². The van der Waals surface area contributed by atoms with E-state index in [4.69, 9.17) is 0 Å². The molecule has 2 aromatic rings. The molecule has 1 heterocycles. The van der Waals surface area contributed by atoms with Crippen LogP contribution < -0.4 is 0 Å². The predicted molar refractivity (Wildman–Crippen MR) is 75.2 cm³/mol. The lowest BCUT2D eigenvalue weighted by atomic mass is 9.93. The van der Waals surface area contributed by atoms with Gasteiger partial charge in [0, 0.05) is 17.7 Å². The molecule has 0 aliphatic heterocycles. The molecule has 1 aromatic carbocycles. The van der Waals surface area contributed by atoms with Crippen molar-refractivity contribution in [3.63, 3.8) is 0 Å². The molecule has 0 amide bonds. The molecule has 0 aliphatic carbocycles. The van der Waals surface area contributed by atoms with Gasteiger partial charge in [-0.2, -0.15) is 10.5 Å². The first-order valence-corrected chi connectivity index (χ1v) is 6.05. The molecule has 0 N–H and O–H groups in total. The maximum Gasteiger partial charge on any atom is 0.270 e. The van der Waals surface area contributed by atoms with E-state index < -0.39 is 4.92 Å². The van der Waals surface area contributed by atoms with Crippen molar-refractivity contribution < 1.29 is 4.92 Å². The lowest BCUT2D eigenvalue weighted by Crippen LogP contribution is -2.01. The summed E-state index contributed by atoms with van der Waals surface area (Å²) in [7, 11) is 0. The molecule has 6 heteroatoms. The van der Waals surface area contributed by atoms with Gasteiger partial charge in [0.25, 0.3) is 5.69 Å². The van der Waals surface area contributed by atoms with E-state index in [-0.39, 0.29) is 16.8 Å². The van der Waals surface area contributed by atoms with Crippen LogP contribution in [0.25, 0.3) is 11.1 Å². The van der Waals surface area contributed by atoms with Crippen LogP contribution in [0.5, 0.6) is 0 Å². The first kappa shape index (κ1) is 14.2. The van der Waals surface area contributed by atoms with Crippen molar-refractivity contribution >= 4 is 5.69 Å². The van der Waals surface area contributed by atoms with Crippen LogP contribution >= 0.6 is 0 Å². The Morgan fingerprint density at radius 3 is 2.19 bits per heavy atom. The summed E-state index contributed by atoms with van der Waals surface area (Å²) in [6.07, 6.45) is 0. The zero-order chi connectivity index (χ0) is 15.6. The number of rotatable bonds is 2. The third kappa shape index (κ3) is 2.43. The van der Waals surface area contributed by atoms with Crippen LogP contribution in [0.3, 0.4) is 0 Å². The minimum Gasteiger partial charge on any atom is -0.258 e. The van der Waals surface area contributed by atoms with Crippen molar-refractivity contribution in [2.45, 2.75) is 13.8 Å². The van der Waals surface area contributed by atoms with E-state index >= 15 is 0 Å². The van der Waals surface area contributed by atoms with Crippen LogP contribution in [0, 0.1) is 46.6 Å². The average Bonchev–Trinajstić information content (AvgIpc) is 2.46. The lowest BCUT2D eigenvalue weighted by molar-refractivity contribution is -0.384. The second-order valence-electron chi connectivity index (χ2n) is 4.44. The average molecular weight is 278 g/mol. The molecule has 0 fully saturated rings. The van der Waals surface area contributed by atoms with Gasteiger partial charge in [-0.3, -0.25) is 15.1 Å². The molecule has 0 bridgehead atoms. The van der Waals surface area contributed by atoms with Crippen LogP contribution in [-0.2, 0) is 0 Å². The third-order valence-electron chi connectivity index (χ3n) is 3.13. The van der Waals surface area contributed by atoms with E-state index in [1.54, 1.807) is 19.9 Å². The van der Waals surface area contributed by atoms with E-state index in [0.717, 1.165) is 0 Å². The topological polar surface area (TPSA) is 104 Å². The van der Waals surface area contributed by atoms with Crippen molar-refractivity contribution in [3.8, 4) is 23.3 Å². The Bertz CT molecular complexity index is 791. The number of nitriles is 2. The highest BCUT2D eigenvalue weighted by Crippen LogP contribution is 2.32. The Labute approximate surface area is 121 Å². The molecular formula is C15H10N4O2. The van der Waals surface area contributed by atoms with E-state index in [9.17, 15) is 20.6 Å². The van der Waals surface area contributed by atoms with Crippen molar-refractivity contribution in [2.24, 2.45) is 0 Å². The van der Waals surface area contributed by atoms with Gasteiger partial charge < -0.3 is 0 Å². The van der Waals surface area contributed by atoms with Gasteiger partial charge in [-0.05, 0) is 19.4 Å². The number of pyridine rings is 1. The summed E-state index contributed by atoms with van der Waals surface area (Å²) in [6.45, 7) is 3.35. The number of nitro benzene ring substituents is 1. The Kier molecular flexibility index (Phi) is 3.64. The van der Waals surface area contributed by atoms with Gasteiger partial charge in [0.05, 0.1) is 27.4 Å². The lowest BCUT2D eigenvalue weighted by Gasteiger charge is -2.11. The molecule has 0 atom stereocenters. The standard InChI is InChI=1S/C15H10N4O2/c1-9-13(7-16)15(14(8-17)10(2)18-9)11-4-3-5-12(6-11)19(20)21/h3-6H,1-2H3. The normalized spacial score (nSPS) is 9.71. The van der Waals surface area contributed by atoms with Crippen molar-refractivity contribution in [2.75, 3.05) is 0 Å². The molecule has 0 radical (unpaired) electrons. The molecule has 0 aliphatic rings. The zero-order valence-electron chi connectivity index (χ0n) is 11.4. The van der Waals surface area contributed by atoms with Crippen LogP contribution in [0.2, 0.25) is 0 Å². The number of nitrogens with zero attached hydrogens (tertiary/aromatic N) is 4. The van der Waals surface area contributed by atoms with E-state index in [2.05, 4.69) is 4.98 Å². The number of aryl methyl sites for hydroxylation is 2. The summed E-state index contributed by atoms with van der Waals surface area (Å²) in [5, 5.41) is 29.5. The number of hydrogen-bond donors (Lipinski definition) is 0. The maximum atomic E-state index is 10.9. The molecule has 21 heavy (non-hydrogen) atoms. The van der Waals surface area contributed by atoms with Crippen molar-refractivity contribution in [1.82, 2.24) is 4.98 Å². The summed E-state index contributed by atoms with van der Waals surface area (Å²) in [6, 6.07) is 9.95. The summed E-state index contributed by atoms with van der Waals surface area (Å²) >= 11 is 0. The molecule has 0 saturated heterocycles. The quantitative estimate of drug-likeness (QED) is 0.620. The summed E-state index contributed by atoms with van der Waals surface area (Å²) < 4.78 is 0. The molecule has 1 aromatic heterocycles. The van der Waals surface area contributed by atoms with Crippen LogP contribution in [0.15, 0.2) is 24.3 Å². The van der Waals surface area contributed by atoms with Crippen LogP contribution in [-0.4, -0.2) is 9.91 Å². The van der Waals surface area contributed by atoms with Crippen molar-refractivity contribution in [1.29, 1.82) is 10.5 Å². The number of hydrogen-bond acceptors (Lipinski definition) is 5. The highest BCUT2D eigenvalue weighted by atomic mass is 16.6. The Morgan fingerprint density at radius 2 is 1.71 bits per heavy atom. The van der Waals surface area contributed by atoms with Crippen LogP contribution in [0.1, 0.15) is 22.5 Å². The van der Waals surface area contributed by atoms with Gasteiger partial charge in [-0.25, -0.2) is 0 Å². The number of non-ortho nitro benzene ring substituents is 1. The number of nitro groups is 1. The fraction of sp³-hybridized carbons (Fsp3) is 0.133. The van der Waals surface area contributed by atoms with E-state index in [0.29, 0.717) is 22.5 Å². The zero-order valence-corrected chi connectivity index (χ0v) is 11.4. The maximum absolute atomic E-state index is 10.9. The van der Waals surface area contributed by atoms with Gasteiger partial charge in [-0.15, -0.1) is 0 Å². The minimum absolute atomic E-state index is 0.0904. The Morgan fingerprint density at radius 1 is 1.14 bits per heavy atom. The molecule has 0 unspecified atom stereocenters. The fourth-order valence-electron chi connectivity index (χ4n) is 2.19. The SMILES string of the molecule is Cc1nc(C)c(C#N)c(-c2cccc([N+](=O)[O-])c2)c1C#N. The first-order chi connectivity index (χ1) is 9.99. The smallest absolute Gasteiger partial charge is 0.258 e. The predicted octanol–water partition coefficient (Wildman–Crippen LogP) is 3.02. The highest BCUT2D eigenvalue weighted by Gasteiger charge is 2.19. The molecule has 102 valence electrons. The Hall–Kier alpha value is -3.25. The van der Waals surface area contributed by atoms with E-state index in [1.807, 2.05) is 12.1 Å². The highest BCUT2D eigenvalue weighted by molar-refractivity contribution is 5.79. The number of benzene rings is 1. The minimum atomic E-state index is -0.511. The van der Waals surface area contributed by atoms with Crippen molar-refractivity contribution in [3.05, 3.63) is 56.9 Å². The van der Waals surface area contributed by atoms with Gasteiger partial charge in [-0.1, -0.05) is 12.1 Å². The second kappa shape index (κ2) is 5.40. The monoisotopic (exact) mass is 278 g/mol. The summed E-state index contributed by atoms with van der Waals surface area (Å²) in [5.74, 6) is 0. The van der Waals surface area contributed by atoms with Crippen LogP contribution in [0.4, 0.5) is 5.69 Å². The van der Waals surface area contributed by atoms with E-state index in [1.165, 1.54) is 18.2 Å². The van der Waals surface area contributed by atoms with Gasteiger partial charge >= 0.3 is 0 Å². The first-order valence-electron chi connectivity index (χ1n) is 6.05.